The number of Topliss-reactive ketones (excluding diaryl/α,β-unsaturated/α-hetero) is 1. The molecule has 1 rings (SSSR count). The van der Waals surface area contributed by atoms with Crippen LogP contribution in [-0.4, -0.2) is 23.5 Å². The molecule has 0 saturated carbocycles. The predicted molar refractivity (Wildman–Crippen MR) is 81.9 cm³/mol. The van der Waals surface area contributed by atoms with E-state index in [4.69, 9.17) is 9.84 Å². The van der Waals surface area contributed by atoms with E-state index in [-0.39, 0.29) is 5.56 Å². The normalized spacial score (nSPS) is 10.5. The van der Waals surface area contributed by atoms with Crippen LogP contribution in [0.25, 0.3) is 0 Å². The number of hydrogen-bond donors (Lipinski definition) is 1. The Morgan fingerprint density at radius 2 is 1.82 bits per heavy atom. The summed E-state index contributed by atoms with van der Waals surface area (Å²) in [5.74, 6) is -2.40. The molecule has 22 heavy (non-hydrogen) atoms. The minimum absolute atomic E-state index is 0.214. The van der Waals surface area contributed by atoms with E-state index < -0.39 is 24.0 Å². The largest absolute Gasteiger partial charge is 0.493 e. The zero-order valence-corrected chi connectivity index (χ0v) is 12.9. The van der Waals surface area contributed by atoms with Crippen LogP contribution in [0.5, 0.6) is 5.75 Å². The zero-order valence-electron chi connectivity index (χ0n) is 12.9. The van der Waals surface area contributed by atoms with Gasteiger partial charge in [-0.05, 0) is 18.6 Å². The fraction of sp³-hybridized carbons (Fsp3) is 0.529. The highest BCUT2D eigenvalue weighted by molar-refractivity contribution is 6.05. The summed E-state index contributed by atoms with van der Waals surface area (Å²) in [6.45, 7) is 2.68. The second kappa shape index (κ2) is 9.92. The van der Waals surface area contributed by atoms with E-state index in [0.29, 0.717) is 12.4 Å². The standard InChI is InChI=1S/C17H23FO4/c1-2-3-4-5-6-7-10-22-13-8-9-14(15(18)11-13)16(19)12-17(20)21/h8-9,11H,2-7,10,12H2,1H3,(H,20,21). The van der Waals surface area contributed by atoms with Gasteiger partial charge in [0.15, 0.2) is 5.78 Å². The molecule has 1 aromatic rings. The van der Waals surface area contributed by atoms with Crippen LogP contribution in [0.1, 0.15) is 62.2 Å². The fourth-order valence-corrected chi connectivity index (χ4v) is 2.12. The molecule has 0 unspecified atom stereocenters. The van der Waals surface area contributed by atoms with Gasteiger partial charge >= 0.3 is 5.97 Å². The third kappa shape index (κ3) is 6.70. The molecule has 5 heteroatoms. The first-order valence-corrected chi connectivity index (χ1v) is 7.72. The number of ether oxygens (including phenoxy) is 1. The molecule has 0 aromatic heterocycles. The number of rotatable bonds is 11. The first-order chi connectivity index (χ1) is 10.5. The highest BCUT2D eigenvalue weighted by Crippen LogP contribution is 2.18. The number of aliphatic carboxylic acids is 1. The maximum absolute atomic E-state index is 13.8. The summed E-state index contributed by atoms with van der Waals surface area (Å²) in [5.41, 5.74) is -0.214. The van der Waals surface area contributed by atoms with Crippen molar-refractivity contribution in [2.75, 3.05) is 6.61 Å². The van der Waals surface area contributed by atoms with E-state index in [2.05, 4.69) is 6.92 Å². The Labute approximate surface area is 130 Å². The summed E-state index contributed by atoms with van der Waals surface area (Å²) >= 11 is 0. The van der Waals surface area contributed by atoms with Crippen molar-refractivity contribution in [3.05, 3.63) is 29.6 Å². The fourth-order valence-electron chi connectivity index (χ4n) is 2.12. The van der Waals surface area contributed by atoms with Crippen LogP contribution in [0, 0.1) is 5.82 Å². The minimum Gasteiger partial charge on any atom is -0.493 e. The zero-order chi connectivity index (χ0) is 16.4. The number of carboxylic acids is 1. The van der Waals surface area contributed by atoms with Gasteiger partial charge < -0.3 is 9.84 Å². The minimum atomic E-state index is -1.27. The lowest BCUT2D eigenvalue weighted by Gasteiger charge is -2.08. The number of carbonyl (C=O) groups excluding carboxylic acids is 1. The van der Waals surface area contributed by atoms with Crippen LogP contribution in [0.15, 0.2) is 18.2 Å². The summed E-state index contributed by atoms with van der Waals surface area (Å²) in [7, 11) is 0. The number of unbranched alkanes of at least 4 members (excludes halogenated alkanes) is 5. The number of hydrogen-bond acceptors (Lipinski definition) is 3. The third-order valence-corrected chi connectivity index (χ3v) is 3.32. The Balaban J connectivity index is 2.39. The maximum atomic E-state index is 13.8. The Morgan fingerprint density at radius 1 is 1.14 bits per heavy atom. The number of ketones is 1. The quantitative estimate of drug-likeness (QED) is 0.377. The summed E-state index contributed by atoms with van der Waals surface area (Å²) in [5, 5.41) is 8.54. The van der Waals surface area contributed by atoms with Crippen LogP contribution in [0.4, 0.5) is 4.39 Å². The van der Waals surface area contributed by atoms with E-state index in [1.807, 2.05) is 0 Å². The second-order valence-corrected chi connectivity index (χ2v) is 5.25. The monoisotopic (exact) mass is 310 g/mol. The van der Waals surface area contributed by atoms with Gasteiger partial charge in [-0.1, -0.05) is 39.0 Å². The van der Waals surface area contributed by atoms with Crippen LogP contribution < -0.4 is 4.74 Å². The molecule has 0 atom stereocenters. The van der Waals surface area contributed by atoms with Crippen molar-refractivity contribution in [2.45, 2.75) is 51.9 Å². The van der Waals surface area contributed by atoms with E-state index in [1.165, 1.54) is 37.8 Å². The maximum Gasteiger partial charge on any atom is 0.311 e. The summed E-state index contributed by atoms with van der Waals surface area (Å²) in [6, 6.07) is 3.90. The molecule has 0 aliphatic carbocycles. The molecule has 0 aliphatic rings. The summed E-state index contributed by atoms with van der Waals surface area (Å²) in [6.07, 6.45) is 6.14. The molecule has 0 aliphatic heterocycles. The molecule has 4 nitrogen and oxygen atoms in total. The molecule has 0 heterocycles. The van der Waals surface area contributed by atoms with Crippen molar-refractivity contribution in [1.29, 1.82) is 0 Å². The van der Waals surface area contributed by atoms with Gasteiger partial charge in [-0.2, -0.15) is 0 Å². The number of halogens is 1. The molecule has 122 valence electrons. The third-order valence-electron chi connectivity index (χ3n) is 3.32. The topological polar surface area (TPSA) is 63.6 Å². The number of carboxylic acid groups (broad SMARTS) is 1. The van der Waals surface area contributed by atoms with Gasteiger partial charge in [-0.3, -0.25) is 9.59 Å². The first kappa shape index (κ1) is 18.1. The van der Waals surface area contributed by atoms with Crippen LogP contribution in [0.2, 0.25) is 0 Å². The van der Waals surface area contributed by atoms with Crippen LogP contribution in [0.3, 0.4) is 0 Å². The highest BCUT2D eigenvalue weighted by Gasteiger charge is 2.15. The molecular formula is C17H23FO4. The average Bonchev–Trinajstić information content (AvgIpc) is 2.45. The molecular weight excluding hydrogens is 287 g/mol. The van der Waals surface area contributed by atoms with Crippen molar-refractivity contribution in [3.8, 4) is 5.75 Å². The Morgan fingerprint density at radius 3 is 2.45 bits per heavy atom. The smallest absolute Gasteiger partial charge is 0.311 e. The van der Waals surface area contributed by atoms with Crippen molar-refractivity contribution >= 4 is 11.8 Å². The number of carbonyl (C=O) groups is 2. The lowest BCUT2D eigenvalue weighted by Crippen LogP contribution is -2.09. The summed E-state index contributed by atoms with van der Waals surface area (Å²) in [4.78, 5) is 22.0. The Hall–Kier alpha value is -1.91. The number of benzene rings is 1. The van der Waals surface area contributed by atoms with Crippen molar-refractivity contribution in [2.24, 2.45) is 0 Å². The molecule has 1 aromatic carbocycles. The van der Waals surface area contributed by atoms with Gasteiger partial charge in [0.25, 0.3) is 0 Å². The van der Waals surface area contributed by atoms with E-state index in [0.717, 1.165) is 18.9 Å². The van der Waals surface area contributed by atoms with Gasteiger partial charge in [-0.15, -0.1) is 0 Å². The molecule has 1 N–H and O–H groups in total. The second-order valence-electron chi connectivity index (χ2n) is 5.25. The van der Waals surface area contributed by atoms with Crippen LogP contribution >= 0.6 is 0 Å². The van der Waals surface area contributed by atoms with Crippen molar-refractivity contribution in [3.63, 3.8) is 0 Å². The molecule has 0 saturated heterocycles. The van der Waals surface area contributed by atoms with Gasteiger partial charge in [-0.25, -0.2) is 4.39 Å². The molecule has 0 spiro atoms. The lowest BCUT2D eigenvalue weighted by atomic mass is 10.1. The van der Waals surface area contributed by atoms with Crippen LogP contribution in [-0.2, 0) is 4.79 Å². The van der Waals surface area contributed by atoms with Crippen molar-refractivity contribution in [1.82, 2.24) is 0 Å². The average molecular weight is 310 g/mol. The summed E-state index contributed by atoms with van der Waals surface area (Å²) < 4.78 is 19.2. The van der Waals surface area contributed by atoms with Gasteiger partial charge in [0.1, 0.15) is 18.0 Å². The van der Waals surface area contributed by atoms with E-state index in [1.54, 1.807) is 0 Å². The predicted octanol–water partition coefficient (Wildman–Crippen LogP) is 4.22. The molecule has 0 amide bonds. The Kier molecular flexibility index (Phi) is 8.18. The molecule has 0 bridgehead atoms. The SMILES string of the molecule is CCCCCCCCOc1ccc(C(=O)CC(=O)O)c(F)c1. The van der Waals surface area contributed by atoms with Gasteiger partial charge in [0.05, 0.1) is 12.2 Å². The Bertz CT molecular complexity index is 499. The molecule has 0 radical (unpaired) electrons. The lowest BCUT2D eigenvalue weighted by molar-refractivity contribution is -0.135. The van der Waals surface area contributed by atoms with E-state index in [9.17, 15) is 14.0 Å². The highest BCUT2D eigenvalue weighted by atomic mass is 19.1. The first-order valence-electron chi connectivity index (χ1n) is 7.72. The van der Waals surface area contributed by atoms with Crippen molar-refractivity contribution < 1.29 is 23.8 Å². The van der Waals surface area contributed by atoms with Gasteiger partial charge in [0.2, 0.25) is 0 Å². The van der Waals surface area contributed by atoms with Gasteiger partial charge in [0, 0.05) is 6.07 Å². The molecule has 0 fully saturated rings. The van der Waals surface area contributed by atoms with E-state index >= 15 is 0 Å².